The van der Waals surface area contributed by atoms with Gasteiger partial charge in [-0.1, -0.05) is 30.3 Å². The van der Waals surface area contributed by atoms with E-state index in [4.69, 9.17) is 0 Å². The molecule has 0 saturated carbocycles. The van der Waals surface area contributed by atoms with Crippen LogP contribution < -0.4 is 10.6 Å². The average molecular weight is 272 g/mol. The lowest BCUT2D eigenvalue weighted by atomic mass is 9.98. The van der Waals surface area contributed by atoms with Gasteiger partial charge in [0.2, 0.25) is 5.91 Å². The predicted octanol–water partition coefficient (Wildman–Crippen LogP) is 2.05. The minimum Gasteiger partial charge on any atom is -0.353 e. The van der Waals surface area contributed by atoms with E-state index in [1.807, 2.05) is 12.1 Å². The zero-order valence-corrected chi connectivity index (χ0v) is 11.4. The van der Waals surface area contributed by atoms with Gasteiger partial charge in [-0.25, -0.2) is 0 Å². The van der Waals surface area contributed by atoms with Crippen molar-refractivity contribution in [2.45, 2.75) is 12.5 Å². The normalized spacial score (nSPS) is 19.2. The molecule has 0 unspecified atom stereocenters. The molecule has 2 heterocycles. The number of carbonyl (C=O) groups is 1. The molecule has 1 atom stereocenters. The zero-order chi connectivity index (χ0) is 13.1. The third-order valence-corrected chi connectivity index (χ3v) is 4.26. The Bertz CT molecular complexity index is 565. The van der Waals surface area contributed by atoms with E-state index in [9.17, 15) is 4.79 Å². The standard InChI is InChI=1S/C15H16N2OS/c18-15-13(16-7-8-17-15)10-11-4-1-2-5-12(11)14-6-3-9-19-14/h1-6,9,13,16H,7-8,10H2,(H,17,18)/t13-/m0/s1. The minimum atomic E-state index is -0.116. The van der Waals surface area contributed by atoms with Crippen LogP contribution in [0.3, 0.4) is 0 Å². The Hall–Kier alpha value is -1.65. The van der Waals surface area contributed by atoms with Gasteiger partial charge in [-0.3, -0.25) is 4.79 Å². The maximum absolute atomic E-state index is 11.8. The number of amides is 1. The molecule has 0 spiro atoms. The van der Waals surface area contributed by atoms with E-state index in [2.05, 4.69) is 40.3 Å². The van der Waals surface area contributed by atoms with Crippen molar-refractivity contribution < 1.29 is 4.79 Å². The van der Waals surface area contributed by atoms with Gasteiger partial charge in [0, 0.05) is 18.0 Å². The molecule has 0 aliphatic carbocycles. The molecule has 1 aromatic carbocycles. The van der Waals surface area contributed by atoms with Crippen LogP contribution in [-0.4, -0.2) is 25.0 Å². The van der Waals surface area contributed by atoms with Crippen molar-refractivity contribution in [3.8, 4) is 10.4 Å². The summed E-state index contributed by atoms with van der Waals surface area (Å²) in [5.74, 6) is 0.104. The Morgan fingerprint density at radius 3 is 2.84 bits per heavy atom. The molecule has 2 aromatic rings. The quantitative estimate of drug-likeness (QED) is 0.898. The van der Waals surface area contributed by atoms with Crippen molar-refractivity contribution >= 4 is 17.2 Å². The van der Waals surface area contributed by atoms with Crippen LogP contribution in [0.5, 0.6) is 0 Å². The number of benzene rings is 1. The number of piperazine rings is 1. The molecule has 3 nitrogen and oxygen atoms in total. The van der Waals surface area contributed by atoms with Crippen LogP contribution in [0.4, 0.5) is 0 Å². The van der Waals surface area contributed by atoms with Gasteiger partial charge in [0.25, 0.3) is 0 Å². The molecule has 2 N–H and O–H groups in total. The van der Waals surface area contributed by atoms with E-state index in [0.717, 1.165) is 19.5 Å². The highest BCUT2D eigenvalue weighted by molar-refractivity contribution is 7.13. The number of hydrogen-bond donors (Lipinski definition) is 2. The number of carbonyl (C=O) groups excluding carboxylic acids is 1. The van der Waals surface area contributed by atoms with Gasteiger partial charge in [-0.15, -0.1) is 11.3 Å². The fourth-order valence-corrected chi connectivity index (χ4v) is 3.19. The first kappa shape index (κ1) is 12.4. The van der Waals surface area contributed by atoms with Crippen LogP contribution in [0.25, 0.3) is 10.4 Å². The van der Waals surface area contributed by atoms with Crippen molar-refractivity contribution in [1.29, 1.82) is 0 Å². The van der Waals surface area contributed by atoms with E-state index >= 15 is 0 Å². The van der Waals surface area contributed by atoms with Gasteiger partial charge in [0.05, 0.1) is 6.04 Å². The van der Waals surface area contributed by atoms with Crippen molar-refractivity contribution in [2.75, 3.05) is 13.1 Å². The van der Waals surface area contributed by atoms with Crippen LogP contribution in [-0.2, 0) is 11.2 Å². The van der Waals surface area contributed by atoms with Crippen molar-refractivity contribution in [2.24, 2.45) is 0 Å². The third kappa shape index (κ3) is 2.69. The maximum atomic E-state index is 11.8. The summed E-state index contributed by atoms with van der Waals surface area (Å²) in [5.41, 5.74) is 2.46. The Kier molecular flexibility index (Phi) is 3.62. The summed E-state index contributed by atoms with van der Waals surface area (Å²) in [6.07, 6.45) is 0.736. The molecule has 0 radical (unpaired) electrons. The number of thiophene rings is 1. The summed E-state index contributed by atoms with van der Waals surface area (Å²) in [6.45, 7) is 1.57. The summed E-state index contributed by atoms with van der Waals surface area (Å²) in [5, 5.41) is 8.27. The Balaban J connectivity index is 1.86. The molecule has 4 heteroatoms. The van der Waals surface area contributed by atoms with Crippen LogP contribution in [0.1, 0.15) is 5.56 Å². The van der Waals surface area contributed by atoms with Gasteiger partial charge in [-0.05, 0) is 29.0 Å². The second-order valence-electron chi connectivity index (χ2n) is 4.64. The molecule has 3 rings (SSSR count). The van der Waals surface area contributed by atoms with E-state index < -0.39 is 0 Å². The fourth-order valence-electron chi connectivity index (χ4n) is 2.40. The summed E-state index contributed by atoms with van der Waals surface area (Å²) < 4.78 is 0. The molecule has 1 amide bonds. The van der Waals surface area contributed by atoms with Crippen molar-refractivity contribution in [1.82, 2.24) is 10.6 Å². The smallest absolute Gasteiger partial charge is 0.237 e. The lowest BCUT2D eigenvalue weighted by Gasteiger charge is -2.24. The molecule has 1 saturated heterocycles. The van der Waals surface area contributed by atoms with Crippen LogP contribution in [0.2, 0.25) is 0 Å². The molecule has 0 bridgehead atoms. The van der Waals surface area contributed by atoms with Crippen LogP contribution in [0, 0.1) is 0 Å². The Morgan fingerprint density at radius 2 is 2.05 bits per heavy atom. The maximum Gasteiger partial charge on any atom is 0.237 e. The molecule has 1 aromatic heterocycles. The molecule has 19 heavy (non-hydrogen) atoms. The third-order valence-electron chi connectivity index (χ3n) is 3.36. The van der Waals surface area contributed by atoms with Gasteiger partial charge >= 0.3 is 0 Å². The Labute approximate surface area is 116 Å². The lowest BCUT2D eigenvalue weighted by molar-refractivity contribution is -0.124. The number of rotatable bonds is 3. The summed E-state index contributed by atoms with van der Waals surface area (Å²) >= 11 is 1.73. The fraction of sp³-hybridized carbons (Fsp3) is 0.267. The first-order valence-corrected chi connectivity index (χ1v) is 7.35. The summed E-state index contributed by atoms with van der Waals surface area (Å²) in [4.78, 5) is 13.1. The van der Waals surface area contributed by atoms with E-state index in [1.54, 1.807) is 11.3 Å². The summed E-state index contributed by atoms with van der Waals surface area (Å²) in [7, 11) is 0. The van der Waals surface area contributed by atoms with E-state index in [0.29, 0.717) is 0 Å². The monoisotopic (exact) mass is 272 g/mol. The lowest BCUT2D eigenvalue weighted by Crippen LogP contribution is -2.53. The van der Waals surface area contributed by atoms with Crippen molar-refractivity contribution in [3.63, 3.8) is 0 Å². The van der Waals surface area contributed by atoms with Gasteiger partial charge < -0.3 is 10.6 Å². The molecule has 1 aliphatic rings. The Morgan fingerprint density at radius 1 is 1.16 bits per heavy atom. The highest BCUT2D eigenvalue weighted by atomic mass is 32.1. The number of nitrogens with one attached hydrogen (secondary N) is 2. The van der Waals surface area contributed by atoms with Crippen LogP contribution >= 0.6 is 11.3 Å². The first-order chi connectivity index (χ1) is 9.34. The largest absolute Gasteiger partial charge is 0.353 e. The highest BCUT2D eigenvalue weighted by Gasteiger charge is 2.22. The molecular weight excluding hydrogens is 256 g/mol. The van der Waals surface area contributed by atoms with Crippen LogP contribution in [0.15, 0.2) is 41.8 Å². The topological polar surface area (TPSA) is 41.1 Å². The average Bonchev–Trinajstić information content (AvgIpc) is 2.96. The summed E-state index contributed by atoms with van der Waals surface area (Å²) in [6, 6.07) is 12.4. The minimum absolute atomic E-state index is 0.104. The molecular formula is C15H16N2OS. The molecule has 1 fully saturated rings. The van der Waals surface area contributed by atoms with Gasteiger partial charge in [0.1, 0.15) is 0 Å². The zero-order valence-electron chi connectivity index (χ0n) is 10.6. The number of hydrogen-bond acceptors (Lipinski definition) is 3. The van der Waals surface area contributed by atoms with E-state index in [-0.39, 0.29) is 11.9 Å². The second kappa shape index (κ2) is 5.55. The SMILES string of the molecule is O=C1NCCN[C@H]1Cc1ccccc1-c1cccs1. The molecule has 98 valence electrons. The first-order valence-electron chi connectivity index (χ1n) is 6.47. The van der Waals surface area contributed by atoms with Gasteiger partial charge in [0.15, 0.2) is 0 Å². The predicted molar refractivity (Wildman–Crippen MR) is 78.3 cm³/mol. The second-order valence-corrected chi connectivity index (χ2v) is 5.58. The van der Waals surface area contributed by atoms with E-state index in [1.165, 1.54) is 16.0 Å². The van der Waals surface area contributed by atoms with Crippen molar-refractivity contribution in [3.05, 3.63) is 47.3 Å². The van der Waals surface area contributed by atoms with Gasteiger partial charge in [-0.2, -0.15) is 0 Å². The molecule has 1 aliphatic heterocycles. The highest BCUT2D eigenvalue weighted by Crippen LogP contribution is 2.28.